The van der Waals surface area contributed by atoms with Gasteiger partial charge in [-0.15, -0.1) is 10.2 Å². The Morgan fingerprint density at radius 2 is 1.89 bits per heavy atom. The number of carbonyl (C=O) groups excluding carboxylic acids is 1. The Bertz CT molecular complexity index is 1300. The van der Waals surface area contributed by atoms with Gasteiger partial charge < -0.3 is 9.64 Å². The number of nitrogens with zero attached hydrogens (tertiary/aromatic N) is 6. The van der Waals surface area contributed by atoms with Gasteiger partial charge in [-0.1, -0.05) is 42.1 Å². The van der Waals surface area contributed by atoms with Crippen LogP contribution in [0.4, 0.5) is 5.69 Å². The van der Waals surface area contributed by atoms with Crippen LogP contribution in [0.2, 0.25) is 0 Å². The second-order valence-electron chi connectivity index (χ2n) is 7.79. The number of nitriles is 1. The molecule has 2 aromatic heterocycles. The lowest BCUT2D eigenvalue weighted by molar-refractivity contribution is -0.116. The molecule has 0 unspecified atom stereocenters. The molecule has 8 nitrogen and oxygen atoms in total. The molecule has 2 aromatic carbocycles. The molecule has 0 atom stereocenters. The number of ether oxygens (including phenoxy) is 1. The number of rotatable bonds is 11. The van der Waals surface area contributed by atoms with E-state index >= 15 is 0 Å². The van der Waals surface area contributed by atoms with Gasteiger partial charge in [-0.05, 0) is 48.9 Å². The third-order valence-corrected chi connectivity index (χ3v) is 6.30. The lowest BCUT2D eigenvalue weighted by Crippen LogP contribution is -2.33. The number of anilines is 1. The van der Waals surface area contributed by atoms with Crippen LogP contribution >= 0.6 is 11.8 Å². The molecule has 182 valence electrons. The van der Waals surface area contributed by atoms with E-state index in [4.69, 9.17) is 10.00 Å². The van der Waals surface area contributed by atoms with E-state index in [1.807, 2.05) is 78.2 Å². The van der Waals surface area contributed by atoms with Crippen molar-refractivity contribution in [3.05, 3.63) is 84.7 Å². The minimum absolute atomic E-state index is 0.114. The third-order valence-electron chi connectivity index (χ3n) is 5.35. The van der Waals surface area contributed by atoms with E-state index in [0.717, 1.165) is 22.6 Å². The van der Waals surface area contributed by atoms with Gasteiger partial charge in [-0.3, -0.25) is 14.3 Å². The number of thioether (sulfide) groups is 1. The zero-order valence-corrected chi connectivity index (χ0v) is 20.8. The molecule has 0 aliphatic rings. The minimum atomic E-state index is -0.114. The molecule has 0 saturated carbocycles. The van der Waals surface area contributed by atoms with E-state index < -0.39 is 0 Å². The fourth-order valence-corrected chi connectivity index (χ4v) is 4.48. The molecule has 0 bridgehead atoms. The topological polar surface area (TPSA) is 96.9 Å². The van der Waals surface area contributed by atoms with Crippen molar-refractivity contribution in [1.29, 1.82) is 5.26 Å². The van der Waals surface area contributed by atoms with Gasteiger partial charge in [-0.2, -0.15) is 5.26 Å². The van der Waals surface area contributed by atoms with Gasteiger partial charge in [0, 0.05) is 30.2 Å². The Labute approximate surface area is 214 Å². The highest BCUT2D eigenvalue weighted by molar-refractivity contribution is 7.99. The fraction of sp³-hybridized carbons (Fsp3) is 0.222. The van der Waals surface area contributed by atoms with Gasteiger partial charge >= 0.3 is 0 Å². The van der Waals surface area contributed by atoms with Crippen molar-refractivity contribution in [3.8, 4) is 23.2 Å². The van der Waals surface area contributed by atoms with E-state index in [2.05, 4.69) is 21.3 Å². The average molecular weight is 499 g/mol. The lowest BCUT2D eigenvalue weighted by Gasteiger charge is -2.22. The molecule has 0 aliphatic carbocycles. The van der Waals surface area contributed by atoms with Crippen LogP contribution < -0.4 is 9.64 Å². The van der Waals surface area contributed by atoms with Gasteiger partial charge in [0.25, 0.3) is 0 Å². The van der Waals surface area contributed by atoms with Crippen LogP contribution in [0, 0.1) is 11.3 Å². The normalized spacial score (nSPS) is 10.6. The second-order valence-corrected chi connectivity index (χ2v) is 8.73. The fourth-order valence-electron chi connectivity index (χ4n) is 3.67. The van der Waals surface area contributed by atoms with Gasteiger partial charge in [0.05, 0.1) is 31.4 Å². The van der Waals surface area contributed by atoms with Crippen LogP contribution in [0.5, 0.6) is 5.75 Å². The Hall–Kier alpha value is -4.16. The molecule has 0 saturated heterocycles. The van der Waals surface area contributed by atoms with E-state index in [-0.39, 0.29) is 18.1 Å². The summed E-state index contributed by atoms with van der Waals surface area (Å²) in [7, 11) is 0. The quantitative estimate of drug-likeness (QED) is 0.273. The maximum Gasteiger partial charge on any atom is 0.237 e. The maximum atomic E-state index is 13.3. The Kier molecular flexibility index (Phi) is 8.67. The van der Waals surface area contributed by atoms with E-state index in [0.29, 0.717) is 30.7 Å². The monoisotopic (exact) mass is 498 g/mol. The molecule has 4 rings (SSSR count). The summed E-state index contributed by atoms with van der Waals surface area (Å²) in [5.41, 5.74) is 2.67. The molecule has 0 spiro atoms. The first-order valence-electron chi connectivity index (χ1n) is 11.6. The van der Waals surface area contributed by atoms with Crippen molar-refractivity contribution in [2.24, 2.45) is 0 Å². The number of benzene rings is 2. The maximum absolute atomic E-state index is 13.3. The first-order valence-corrected chi connectivity index (χ1v) is 12.6. The summed E-state index contributed by atoms with van der Waals surface area (Å²) in [6, 6.07) is 23.3. The summed E-state index contributed by atoms with van der Waals surface area (Å²) >= 11 is 1.33. The summed E-state index contributed by atoms with van der Waals surface area (Å²) in [4.78, 5) is 19.1. The summed E-state index contributed by atoms with van der Waals surface area (Å²) in [5.74, 6) is 1.46. The predicted octanol–water partition coefficient (Wildman–Crippen LogP) is 4.83. The van der Waals surface area contributed by atoms with Crippen LogP contribution in [-0.4, -0.2) is 44.6 Å². The highest BCUT2D eigenvalue weighted by Gasteiger charge is 2.20. The summed E-state index contributed by atoms with van der Waals surface area (Å²) < 4.78 is 7.51. The number of hydrogen-bond acceptors (Lipinski definition) is 7. The van der Waals surface area contributed by atoms with Crippen molar-refractivity contribution in [2.75, 3.05) is 23.8 Å². The van der Waals surface area contributed by atoms with Crippen molar-refractivity contribution in [1.82, 2.24) is 19.7 Å². The highest BCUT2D eigenvalue weighted by atomic mass is 32.2. The molecule has 1 amide bonds. The minimum Gasteiger partial charge on any atom is -0.494 e. The van der Waals surface area contributed by atoms with Crippen molar-refractivity contribution < 1.29 is 9.53 Å². The molecule has 0 radical (unpaired) electrons. The van der Waals surface area contributed by atoms with E-state index in [9.17, 15) is 4.79 Å². The number of amides is 1. The molecule has 36 heavy (non-hydrogen) atoms. The third kappa shape index (κ3) is 6.29. The SMILES string of the molecule is CCOc1ccc(N(CCC#N)C(=O)CSc2nnc(-c3cccnc3)n2Cc2ccccc2)cc1. The van der Waals surface area contributed by atoms with Gasteiger partial charge in [0.1, 0.15) is 5.75 Å². The molecule has 4 aromatic rings. The Balaban J connectivity index is 1.55. The first kappa shape index (κ1) is 24.9. The highest BCUT2D eigenvalue weighted by Crippen LogP contribution is 2.26. The number of hydrogen-bond donors (Lipinski definition) is 0. The molecular formula is C27H26N6O2S. The summed E-state index contributed by atoms with van der Waals surface area (Å²) in [6.45, 7) is 3.36. The molecule has 0 aliphatic heterocycles. The average Bonchev–Trinajstić information content (AvgIpc) is 3.32. The number of pyridine rings is 1. The standard InChI is InChI=1S/C27H26N6O2S/c1-2-35-24-13-11-23(12-14-24)32(17-7-15-28)25(34)20-36-27-31-30-26(22-10-6-16-29-18-22)33(27)19-21-8-4-3-5-9-21/h3-6,8-14,16,18H,2,7,17,19-20H2,1H3. The Morgan fingerprint density at radius 3 is 2.58 bits per heavy atom. The van der Waals surface area contributed by atoms with E-state index in [1.54, 1.807) is 17.3 Å². The van der Waals surface area contributed by atoms with Crippen LogP contribution in [0.3, 0.4) is 0 Å². The molecular weight excluding hydrogens is 472 g/mol. The smallest absolute Gasteiger partial charge is 0.237 e. The second kappa shape index (κ2) is 12.5. The molecule has 9 heteroatoms. The van der Waals surface area contributed by atoms with Gasteiger partial charge in [-0.25, -0.2) is 0 Å². The van der Waals surface area contributed by atoms with Crippen molar-refractivity contribution in [2.45, 2.75) is 25.0 Å². The van der Waals surface area contributed by atoms with E-state index in [1.165, 1.54) is 11.8 Å². The van der Waals surface area contributed by atoms with Gasteiger partial charge in [0.2, 0.25) is 5.91 Å². The van der Waals surface area contributed by atoms with Crippen LogP contribution in [0.15, 0.2) is 84.3 Å². The summed E-state index contributed by atoms with van der Waals surface area (Å²) in [5, 5.41) is 18.6. The first-order chi connectivity index (χ1) is 17.7. The Morgan fingerprint density at radius 1 is 1.08 bits per heavy atom. The predicted molar refractivity (Wildman–Crippen MR) is 140 cm³/mol. The zero-order chi connectivity index (χ0) is 25.2. The number of carbonyl (C=O) groups is 1. The van der Waals surface area contributed by atoms with Crippen LogP contribution in [-0.2, 0) is 11.3 Å². The van der Waals surface area contributed by atoms with Crippen molar-refractivity contribution in [3.63, 3.8) is 0 Å². The molecule has 0 N–H and O–H groups in total. The van der Waals surface area contributed by atoms with Crippen LogP contribution in [0.1, 0.15) is 18.9 Å². The van der Waals surface area contributed by atoms with Crippen molar-refractivity contribution >= 4 is 23.4 Å². The zero-order valence-electron chi connectivity index (χ0n) is 19.9. The summed E-state index contributed by atoms with van der Waals surface area (Å²) in [6.07, 6.45) is 3.70. The lowest BCUT2D eigenvalue weighted by atomic mass is 10.2. The molecule has 0 fully saturated rings. The van der Waals surface area contributed by atoms with Crippen LogP contribution in [0.25, 0.3) is 11.4 Å². The number of aromatic nitrogens is 4. The van der Waals surface area contributed by atoms with Gasteiger partial charge in [0.15, 0.2) is 11.0 Å². The largest absolute Gasteiger partial charge is 0.494 e. The molecule has 2 heterocycles.